The van der Waals surface area contributed by atoms with E-state index < -0.39 is 18.0 Å². The van der Waals surface area contributed by atoms with Gasteiger partial charge in [0.1, 0.15) is 4.88 Å². The lowest BCUT2D eigenvalue weighted by Crippen LogP contribution is -2.30. The molecule has 28 heavy (non-hydrogen) atoms. The fraction of sp³-hybridized carbons (Fsp3) is 0.190. The molecule has 0 radical (unpaired) electrons. The van der Waals surface area contributed by atoms with Gasteiger partial charge in [-0.25, -0.2) is 9.78 Å². The molecule has 5 nitrogen and oxygen atoms in total. The van der Waals surface area contributed by atoms with Crippen LogP contribution in [0.4, 0.5) is 5.69 Å². The zero-order valence-corrected chi connectivity index (χ0v) is 17.2. The van der Waals surface area contributed by atoms with E-state index in [0.29, 0.717) is 21.3 Å². The van der Waals surface area contributed by atoms with Crippen molar-refractivity contribution in [2.45, 2.75) is 26.9 Å². The largest absolute Gasteiger partial charge is 0.448 e. The molecule has 0 saturated carbocycles. The number of hydrogen-bond donors (Lipinski definition) is 1. The number of thiazole rings is 1. The van der Waals surface area contributed by atoms with E-state index in [9.17, 15) is 9.59 Å². The van der Waals surface area contributed by atoms with Crippen molar-refractivity contribution in [1.29, 1.82) is 0 Å². The molecule has 7 heteroatoms. The van der Waals surface area contributed by atoms with Crippen molar-refractivity contribution in [1.82, 2.24) is 4.98 Å². The zero-order valence-electron chi connectivity index (χ0n) is 15.7. The molecule has 0 bridgehead atoms. The molecule has 1 aromatic heterocycles. The SMILES string of the molecule is Cc1nc(-c2ccccc2)c(C(=O)O[C@H](C)C(=O)Nc2cccc(Cl)c2C)s1. The number of benzene rings is 2. The summed E-state index contributed by atoms with van der Waals surface area (Å²) in [5.41, 5.74) is 2.72. The van der Waals surface area contributed by atoms with Crippen LogP contribution < -0.4 is 5.32 Å². The van der Waals surface area contributed by atoms with E-state index in [0.717, 1.165) is 16.1 Å². The van der Waals surface area contributed by atoms with Gasteiger partial charge in [-0.2, -0.15) is 0 Å². The monoisotopic (exact) mass is 414 g/mol. The molecule has 1 heterocycles. The highest BCUT2D eigenvalue weighted by molar-refractivity contribution is 7.14. The van der Waals surface area contributed by atoms with Gasteiger partial charge in [0.25, 0.3) is 5.91 Å². The zero-order chi connectivity index (χ0) is 20.3. The van der Waals surface area contributed by atoms with Crippen molar-refractivity contribution in [2.75, 3.05) is 5.32 Å². The van der Waals surface area contributed by atoms with E-state index in [2.05, 4.69) is 10.3 Å². The molecule has 0 unspecified atom stereocenters. The van der Waals surface area contributed by atoms with Gasteiger partial charge >= 0.3 is 5.97 Å². The second-order valence-corrected chi connectivity index (χ2v) is 7.84. The summed E-state index contributed by atoms with van der Waals surface area (Å²) in [6.45, 7) is 5.16. The normalized spacial score (nSPS) is 11.7. The van der Waals surface area contributed by atoms with E-state index in [1.54, 1.807) is 25.1 Å². The van der Waals surface area contributed by atoms with Crippen LogP contribution in [0.5, 0.6) is 0 Å². The van der Waals surface area contributed by atoms with Crippen molar-refractivity contribution in [2.24, 2.45) is 0 Å². The number of carbonyl (C=O) groups excluding carboxylic acids is 2. The molecule has 2 aromatic carbocycles. The highest BCUT2D eigenvalue weighted by Crippen LogP contribution is 2.29. The Labute approximate surface area is 172 Å². The second-order valence-electron chi connectivity index (χ2n) is 6.23. The Morgan fingerprint density at radius 2 is 1.82 bits per heavy atom. The standard InChI is InChI=1S/C21H19ClN2O3S/c1-12-16(22)10-7-11-17(12)24-20(25)13(2)27-21(26)19-18(23-14(3)28-19)15-8-5-4-6-9-15/h4-11,13H,1-3H3,(H,24,25)/t13-/m1/s1. The smallest absolute Gasteiger partial charge is 0.351 e. The highest BCUT2D eigenvalue weighted by atomic mass is 35.5. The quantitative estimate of drug-likeness (QED) is 0.578. The van der Waals surface area contributed by atoms with Gasteiger partial charge in [0.15, 0.2) is 6.10 Å². The van der Waals surface area contributed by atoms with Crippen LogP contribution in [-0.2, 0) is 9.53 Å². The van der Waals surface area contributed by atoms with Gasteiger partial charge in [-0.1, -0.05) is 48.0 Å². The minimum Gasteiger partial charge on any atom is -0.448 e. The highest BCUT2D eigenvalue weighted by Gasteiger charge is 2.24. The van der Waals surface area contributed by atoms with Crippen LogP contribution in [0.25, 0.3) is 11.3 Å². The number of anilines is 1. The van der Waals surface area contributed by atoms with Crippen molar-refractivity contribution in [3.05, 3.63) is 69.0 Å². The van der Waals surface area contributed by atoms with Gasteiger partial charge in [0, 0.05) is 16.3 Å². The van der Waals surface area contributed by atoms with Gasteiger partial charge in [-0.15, -0.1) is 11.3 Å². The van der Waals surface area contributed by atoms with E-state index >= 15 is 0 Å². The first kappa shape index (κ1) is 20.0. The molecular formula is C21H19ClN2O3S. The Hall–Kier alpha value is -2.70. The molecule has 144 valence electrons. The first-order chi connectivity index (χ1) is 13.4. The lowest BCUT2D eigenvalue weighted by molar-refractivity contribution is -0.123. The number of nitrogens with zero attached hydrogens (tertiary/aromatic N) is 1. The number of halogens is 1. The molecule has 1 amide bonds. The van der Waals surface area contributed by atoms with E-state index in [1.807, 2.05) is 37.3 Å². The van der Waals surface area contributed by atoms with Crippen LogP contribution in [0.3, 0.4) is 0 Å². The lowest BCUT2D eigenvalue weighted by atomic mass is 10.1. The molecule has 0 spiro atoms. The molecule has 1 N–H and O–H groups in total. The third kappa shape index (κ3) is 4.40. The van der Waals surface area contributed by atoms with Crippen molar-refractivity contribution >= 4 is 40.5 Å². The minimum absolute atomic E-state index is 0.377. The van der Waals surface area contributed by atoms with Gasteiger partial charge in [-0.05, 0) is 38.5 Å². The summed E-state index contributed by atoms with van der Waals surface area (Å²) in [7, 11) is 0. The first-order valence-electron chi connectivity index (χ1n) is 8.66. The van der Waals surface area contributed by atoms with Gasteiger partial charge in [0.05, 0.1) is 10.7 Å². The molecule has 3 aromatic rings. The first-order valence-corrected chi connectivity index (χ1v) is 9.86. The summed E-state index contributed by atoms with van der Waals surface area (Å²) in [4.78, 5) is 30.0. The third-order valence-electron chi connectivity index (χ3n) is 4.15. The fourth-order valence-electron chi connectivity index (χ4n) is 2.60. The number of aryl methyl sites for hydroxylation is 1. The van der Waals surface area contributed by atoms with Gasteiger partial charge in [0.2, 0.25) is 0 Å². The van der Waals surface area contributed by atoms with Crippen molar-refractivity contribution in [3.8, 4) is 11.3 Å². The number of esters is 1. The van der Waals surface area contributed by atoms with E-state index in [-0.39, 0.29) is 0 Å². The number of ether oxygens (including phenoxy) is 1. The Morgan fingerprint density at radius 1 is 1.11 bits per heavy atom. The molecular weight excluding hydrogens is 396 g/mol. The number of amides is 1. The second kappa shape index (κ2) is 8.54. The number of rotatable bonds is 5. The number of nitrogens with one attached hydrogen (secondary N) is 1. The van der Waals surface area contributed by atoms with Crippen molar-refractivity contribution in [3.63, 3.8) is 0 Å². The third-order valence-corrected chi connectivity index (χ3v) is 5.51. The summed E-state index contributed by atoms with van der Waals surface area (Å²) >= 11 is 7.32. The number of aromatic nitrogens is 1. The lowest BCUT2D eigenvalue weighted by Gasteiger charge is -2.15. The summed E-state index contributed by atoms with van der Waals surface area (Å²) in [5, 5.41) is 4.04. The topological polar surface area (TPSA) is 68.3 Å². The van der Waals surface area contributed by atoms with Crippen LogP contribution in [0.1, 0.15) is 27.2 Å². The number of carbonyl (C=O) groups is 2. The summed E-state index contributed by atoms with van der Waals surface area (Å²) < 4.78 is 5.40. The summed E-state index contributed by atoms with van der Waals surface area (Å²) in [6, 6.07) is 14.6. The predicted molar refractivity (Wildman–Crippen MR) is 112 cm³/mol. The fourth-order valence-corrected chi connectivity index (χ4v) is 3.60. The molecule has 0 aliphatic rings. The maximum Gasteiger partial charge on any atom is 0.351 e. The van der Waals surface area contributed by atoms with Crippen LogP contribution in [0.2, 0.25) is 5.02 Å². The van der Waals surface area contributed by atoms with Gasteiger partial charge < -0.3 is 10.1 Å². The average molecular weight is 415 g/mol. The average Bonchev–Trinajstić information content (AvgIpc) is 3.08. The van der Waals surface area contributed by atoms with Crippen LogP contribution in [0, 0.1) is 13.8 Å². The maximum absolute atomic E-state index is 12.7. The molecule has 0 aliphatic heterocycles. The van der Waals surface area contributed by atoms with Crippen LogP contribution >= 0.6 is 22.9 Å². The van der Waals surface area contributed by atoms with Crippen LogP contribution in [0.15, 0.2) is 48.5 Å². The van der Waals surface area contributed by atoms with Gasteiger partial charge in [-0.3, -0.25) is 4.79 Å². The predicted octanol–water partition coefficient (Wildman–Crippen LogP) is 5.26. The molecule has 3 rings (SSSR count). The molecule has 1 atom stereocenters. The Morgan fingerprint density at radius 3 is 2.54 bits per heavy atom. The molecule has 0 saturated heterocycles. The summed E-state index contributed by atoms with van der Waals surface area (Å²) in [5.74, 6) is -1.00. The Bertz CT molecular complexity index is 1020. The Kier molecular flexibility index (Phi) is 6.11. The maximum atomic E-state index is 12.7. The molecule has 0 aliphatic carbocycles. The minimum atomic E-state index is -0.975. The Balaban J connectivity index is 1.74. The number of hydrogen-bond acceptors (Lipinski definition) is 5. The molecule has 0 fully saturated rings. The van der Waals surface area contributed by atoms with E-state index in [4.69, 9.17) is 16.3 Å². The van der Waals surface area contributed by atoms with Crippen molar-refractivity contribution < 1.29 is 14.3 Å². The van der Waals surface area contributed by atoms with E-state index in [1.165, 1.54) is 18.3 Å². The summed E-state index contributed by atoms with van der Waals surface area (Å²) in [6.07, 6.45) is -0.975. The van der Waals surface area contributed by atoms with Crippen LogP contribution in [-0.4, -0.2) is 23.0 Å².